The van der Waals surface area contributed by atoms with Gasteiger partial charge in [0, 0.05) is 51.5 Å². The van der Waals surface area contributed by atoms with E-state index >= 15 is 4.39 Å². The van der Waals surface area contributed by atoms with Crippen molar-refractivity contribution in [2.45, 2.75) is 79.1 Å². The third-order valence-corrected chi connectivity index (χ3v) is 7.87. The van der Waals surface area contributed by atoms with Crippen molar-refractivity contribution in [1.29, 1.82) is 0 Å². The molecule has 49 heavy (non-hydrogen) atoms. The molecular formula is C39H40FN9. The zero-order chi connectivity index (χ0) is 34.8. The molecule has 3 heterocycles. The zero-order valence-electron chi connectivity index (χ0n) is 29.1. The maximum Gasteiger partial charge on any atom is 0.164 e. The highest BCUT2D eigenvalue weighted by Gasteiger charge is 2.19. The van der Waals surface area contributed by atoms with Gasteiger partial charge in [-0.25, -0.2) is 49.2 Å². The summed E-state index contributed by atoms with van der Waals surface area (Å²) in [6.07, 6.45) is 0. The average Bonchev–Trinajstić information content (AvgIpc) is 3.11. The van der Waals surface area contributed by atoms with Crippen LogP contribution in [0.2, 0.25) is 0 Å². The van der Waals surface area contributed by atoms with Crippen LogP contribution in [0.3, 0.4) is 0 Å². The van der Waals surface area contributed by atoms with E-state index in [2.05, 4.69) is 32.7 Å². The van der Waals surface area contributed by atoms with Crippen molar-refractivity contribution < 1.29 is 4.39 Å². The molecule has 0 unspecified atom stereocenters. The maximum atomic E-state index is 15.4. The molecule has 9 nitrogen and oxygen atoms in total. The van der Waals surface area contributed by atoms with Crippen molar-refractivity contribution in [3.63, 3.8) is 0 Å². The smallest absolute Gasteiger partial charge is 0.164 e. The third-order valence-electron chi connectivity index (χ3n) is 7.87. The topological polar surface area (TPSA) is 116 Å². The first kappa shape index (κ1) is 33.5. The summed E-state index contributed by atoms with van der Waals surface area (Å²) in [6.45, 7) is 16.4. The number of nitrogens with zero attached hydrogens (tertiary/aromatic N) is 9. The zero-order valence-corrected chi connectivity index (χ0v) is 29.1. The minimum absolute atomic E-state index is 0.0778. The van der Waals surface area contributed by atoms with Crippen LogP contribution in [0.15, 0.2) is 72.8 Å². The SMILES string of the molecule is CC(C)c1nc(-c2cccc(-c3nc(-c4ccccc4)nc(-c4cc(F)cc(-c5nc(C(C)C)nc(C(C)C)n5)c4)n3)c2)nc(C(C)C)n1. The fourth-order valence-corrected chi connectivity index (χ4v) is 5.11. The second-order valence-electron chi connectivity index (χ2n) is 13.4. The highest BCUT2D eigenvalue weighted by molar-refractivity contribution is 5.72. The third kappa shape index (κ3) is 7.53. The van der Waals surface area contributed by atoms with Gasteiger partial charge in [0.25, 0.3) is 0 Å². The summed E-state index contributed by atoms with van der Waals surface area (Å²) in [5.74, 6) is 5.02. The van der Waals surface area contributed by atoms with Gasteiger partial charge >= 0.3 is 0 Å². The number of halogens is 1. The molecule has 0 atom stereocenters. The molecule has 6 aromatic rings. The van der Waals surface area contributed by atoms with Gasteiger partial charge in [-0.15, -0.1) is 0 Å². The lowest BCUT2D eigenvalue weighted by Gasteiger charge is -2.13. The molecule has 3 aromatic carbocycles. The first-order valence-corrected chi connectivity index (χ1v) is 16.7. The molecular weight excluding hydrogens is 613 g/mol. The first-order valence-electron chi connectivity index (χ1n) is 16.7. The molecule has 0 saturated heterocycles. The molecule has 3 aromatic heterocycles. The van der Waals surface area contributed by atoms with Crippen LogP contribution in [-0.4, -0.2) is 44.9 Å². The lowest BCUT2D eigenvalue weighted by atomic mass is 10.1. The molecule has 0 bridgehead atoms. The maximum absolute atomic E-state index is 15.4. The summed E-state index contributed by atoms with van der Waals surface area (Å²) >= 11 is 0. The van der Waals surface area contributed by atoms with E-state index in [4.69, 9.17) is 39.9 Å². The molecule has 0 amide bonds. The molecule has 0 N–H and O–H groups in total. The molecule has 0 aliphatic carbocycles. The highest BCUT2D eigenvalue weighted by Crippen LogP contribution is 2.31. The van der Waals surface area contributed by atoms with E-state index in [0.29, 0.717) is 51.9 Å². The lowest BCUT2D eigenvalue weighted by molar-refractivity contribution is 0.628. The summed E-state index contributed by atoms with van der Waals surface area (Å²) in [4.78, 5) is 43.0. The fourth-order valence-electron chi connectivity index (χ4n) is 5.11. The standard InChI is InChI=1S/C39H40FN9/c1-21(2)31-41-32(22(3)4)44-36(43-31)26-15-12-16-27(17-26)37-47-35(25-13-10-9-11-14-25)48-39(49-37)29-18-28(19-30(40)20-29)38-45-33(23(5)6)42-34(46-38)24(7)8/h9-24H,1-8H3. The van der Waals surface area contributed by atoms with Crippen molar-refractivity contribution in [3.8, 4) is 56.9 Å². The Hall–Kier alpha value is -5.38. The van der Waals surface area contributed by atoms with E-state index in [-0.39, 0.29) is 23.7 Å². The van der Waals surface area contributed by atoms with E-state index in [1.54, 1.807) is 0 Å². The molecule has 0 spiro atoms. The van der Waals surface area contributed by atoms with Gasteiger partial charge in [-0.05, 0) is 24.3 Å². The second kappa shape index (κ2) is 14.0. The predicted molar refractivity (Wildman–Crippen MR) is 190 cm³/mol. The van der Waals surface area contributed by atoms with Crippen LogP contribution < -0.4 is 0 Å². The number of aromatic nitrogens is 9. The molecule has 248 valence electrons. The summed E-state index contributed by atoms with van der Waals surface area (Å²) in [5, 5.41) is 0. The van der Waals surface area contributed by atoms with Gasteiger partial charge in [-0.1, -0.05) is 104 Å². The van der Waals surface area contributed by atoms with Gasteiger partial charge < -0.3 is 0 Å². The van der Waals surface area contributed by atoms with Crippen LogP contribution in [0, 0.1) is 5.82 Å². The predicted octanol–water partition coefficient (Wildman–Crippen LogP) is 9.21. The Bertz CT molecular complexity index is 2060. The van der Waals surface area contributed by atoms with Gasteiger partial charge in [0.1, 0.15) is 29.1 Å². The van der Waals surface area contributed by atoms with Crippen molar-refractivity contribution in [2.24, 2.45) is 0 Å². The van der Waals surface area contributed by atoms with Crippen LogP contribution in [0.4, 0.5) is 4.39 Å². The largest absolute Gasteiger partial charge is 0.217 e. The number of hydrogen-bond acceptors (Lipinski definition) is 9. The normalized spacial score (nSPS) is 11.7. The summed E-state index contributed by atoms with van der Waals surface area (Å²) < 4.78 is 15.4. The van der Waals surface area contributed by atoms with E-state index in [1.807, 2.05) is 88.4 Å². The second-order valence-corrected chi connectivity index (χ2v) is 13.4. The van der Waals surface area contributed by atoms with E-state index in [0.717, 1.165) is 28.3 Å². The van der Waals surface area contributed by atoms with Gasteiger partial charge in [0.15, 0.2) is 29.1 Å². The highest BCUT2D eigenvalue weighted by atomic mass is 19.1. The van der Waals surface area contributed by atoms with Crippen LogP contribution in [0.25, 0.3) is 56.9 Å². The van der Waals surface area contributed by atoms with Gasteiger partial charge in [0.2, 0.25) is 0 Å². The van der Waals surface area contributed by atoms with Crippen molar-refractivity contribution in [2.75, 3.05) is 0 Å². The fraction of sp³-hybridized carbons (Fsp3) is 0.308. The van der Waals surface area contributed by atoms with Crippen molar-refractivity contribution >= 4 is 0 Å². The Morgan fingerprint density at radius 2 is 0.673 bits per heavy atom. The van der Waals surface area contributed by atoms with E-state index in [9.17, 15) is 0 Å². The molecule has 10 heteroatoms. The van der Waals surface area contributed by atoms with Crippen LogP contribution in [0.1, 0.15) is 102 Å². The molecule has 0 aliphatic rings. The number of rotatable bonds is 9. The summed E-state index contributed by atoms with van der Waals surface area (Å²) in [5.41, 5.74) is 3.36. The molecule has 0 fully saturated rings. The Kier molecular flexibility index (Phi) is 9.58. The lowest BCUT2D eigenvalue weighted by Crippen LogP contribution is -2.08. The molecule has 0 radical (unpaired) electrons. The summed E-state index contributed by atoms with van der Waals surface area (Å²) in [7, 11) is 0. The number of hydrogen-bond donors (Lipinski definition) is 0. The molecule has 0 saturated carbocycles. The summed E-state index contributed by atoms with van der Waals surface area (Å²) in [6, 6.07) is 22.2. The van der Waals surface area contributed by atoms with Crippen LogP contribution in [0.5, 0.6) is 0 Å². The van der Waals surface area contributed by atoms with Crippen molar-refractivity contribution in [1.82, 2.24) is 44.9 Å². The van der Waals surface area contributed by atoms with E-state index < -0.39 is 5.82 Å². The minimum atomic E-state index is -0.452. The van der Waals surface area contributed by atoms with Crippen LogP contribution >= 0.6 is 0 Å². The first-order chi connectivity index (χ1) is 23.4. The van der Waals surface area contributed by atoms with Gasteiger partial charge in [-0.3, -0.25) is 0 Å². The van der Waals surface area contributed by atoms with Gasteiger partial charge in [-0.2, -0.15) is 0 Å². The van der Waals surface area contributed by atoms with Crippen molar-refractivity contribution in [3.05, 3.63) is 102 Å². The Labute approximate surface area is 286 Å². The molecule has 0 aliphatic heterocycles. The van der Waals surface area contributed by atoms with E-state index in [1.165, 1.54) is 12.1 Å². The molecule has 6 rings (SSSR count). The minimum Gasteiger partial charge on any atom is -0.217 e. The van der Waals surface area contributed by atoms with Gasteiger partial charge in [0.05, 0.1) is 0 Å². The van der Waals surface area contributed by atoms with Crippen LogP contribution in [-0.2, 0) is 0 Å². The Morgan fingerprint density at radius 1 is 0.347 bits per heavy atom. The quantitative estimate of drug-likeness (QED) is 0.151. The number of benzene rings is 3. The monoisotopic (exact) mass is 653 g/mol. The Balaban J connectivity index is 1.50. The average molecular weight is 654 g/mol. The Morgan fingerprint density at radius 3 is 1.10 bits per heavy atom.